The molecule has 0 amide bonds. The van der Waals surface area contributed by atoms with E-state index in [2.05, 4.69) is 0 Å². The summed E-state index contributed by atoms with van der Waals surface area (Å²) in [7, 11) is -1.78. The minimum Gasteiger partial charge on any atom is -0.396 e. The number of hydrogen-bond donors (Lipinski definition) is 2. The van der Waals surface area contributed by atoms with E-state index in [9.17, 15) is 9.67 Å². The number of rotatable bonds is 7. The van der Waals surface area contributed by atoms with Gasteiger partial charge in [-0.1, -0.05) is 11.5 Å². The van der Waals surface area contributed by atoms with Crippen LogP contribution in [-0.2, 0) is 9.09 Å². The fraction of sp³-hybridized carbons (Fsp3) is 0.875. The number of aliphatic hydroxyl groups excluding tert-OH is 1. The zero-order chi connectivity index (χ0) is 10.3. The van der Waals surface area contributed by atoms with Gasteiger partial charge >= 0.3 is 67.1 Å². The molecule has 0 saturated heterocycles. The van der Waals surface area contributed by atoms with Crippen molar-refractivity contribution in [1.82, 2.24) is 0 Å². The zero-order valence-corrected chi connectivity index (χ0v) is 15.0. The Morgan fingerprint density at radius 1 is 1.47 bits per heavy atom. The molecule has 0 saturated carbocycles. The van der Waals surface area contributed by atoms with Crippen LogP contribution >= 0.6 is 8.03 Å². The molecule has 0 rings (SSSR count). The van der Waals surface area contributed by atoms with Gasteiger partial charge in [0.05, 0.1) is 5.60 Å². The van der Waals surface area contributed by atoms with Gasteiger partial charge in [-0.3, -0.25) is 0 Å². The monoisotopic (exact) mass is 254 g/mol. The molecule has 0 aliphatic carbocycles. The predicted octanol–water partition coefficient (Wildman–Crippen LogP) is -4.54. The molecule has 2 atom stereocenters. The molecule has 0 aromatic heterocycles. The van der Waals surface area contributed by atoms with E-state index in [1.807, 2.05) is 0 Å². The third-order valence-corrected chi connectivity index (χ3v) is 2.71. The Hall–Kier alpha value is 1.98. The first-order chi connectivity index (χ1) is 6.08. The van der Waals surface area contributed by atoms with Crippen molar-refractivity contribution in [1.29, 1.82) is 0 Å². The van der Waals surface area contributed by atoms with Gasteiger partial charge in [-0.05, 0) is 12.6 Å². The van der Waals surface area contributed by atoms with Gasteiger partial charge in [-0.15, -0.1) is 6.92 Å². The van der Waals surface area contributed by atoms with Crippen molar-refractivity contribution in [2.45, 2.75) is 32.3 Å². The van der Waals surface area contributed by atoms with Crippen LogP contribution in [0, 0.1) is 6.16 Å². The van der Waals surface area contributed by atoms with Crippen molar-refractivity contribution in [2.24, 2.45) is 0 Å². The molecule has 0 aromatic carbocycles. The molecular formula is C8H17Na2O4P+2. The average Bonchev–Trinajstić information content (AvgIpc) is 2.15. The Labute approximate surface area is 137 Å². The Morgan fingerprint density at radius 2 is 2.00 bits per heavy atom. The maximum Gasteiger partial charge on any atom is 1.00 e. The average molecular weight is 254 g/mol. The summed E-state index contributed by atoms with van der Waals surface area (Å²) in [6, 6.07) is 0. The summed E-state index contributed by atoms with van der Waals surface area (Å²) in [5.41, 5.74) is -1.05. The molecule has 0 aliphatic rings. The van der Waals surface area contributed by atoms with Gasteiger partial charge in [0.25, 0.3) is 0 Å². The summed E-state index contributed by atoms with van der Waals surface area (Å²) in [6.45, 7) is 3.33. The molecule has 2 unspecified atom stereocenters. The van der Waals surface area contributed by atoms with Crippen molar-refractivity contribution in [3.05, 3.63) is 6.16 Å². The summed E-state index contributed by atoms with van der Waals surface area (Å²) >= 11 is 0. The van der Waals surface area contributed by atoms with Crippen LogP contribution < -0.4 is 59.1 Å². The Balaban J connectivity index is -0.000000720. The second-order valence-corrected chi connectivity index (χ2v) is 4.21. The zero-order valence-electron chi connectivity index (χ0n) is 10.1. The van der Waals surface area contributed by atoms with E-state index in [-0.39, 0.29) is 78.7 Å². The van der Waals surface area contributed by atoms with Gasteiger partial charge in [0.1, 0.15) is 6.61 Å². The van der Waals surface area contributed by atoms with Crippen LogP contribution in [0.3, 0.4) is 0 Å². The van der Waals surface area contributed by atoms with Crippen LogP contribution in [0.2, 0.25) is 0 Å². The molecule has 0 heterocycles. The van der Waals surface area contributed by atoms with Crippen LogP contribution in [0.4, 0.5) is 0 Å². The first-order valence-electron chi connectivity index (χ1n) is 4.30. The van der Waals surface area contributed by atoms with Crippen LogP contribution in [0.5, 0.6) is 0 Å². The minimum atomic E-state index is -1.78. The molecule has 0 radical (unpaired) electrons. The van der Waals surface area contributed by atoms with Crippen molar-refractivity contribution in [2.75, 3.05) is 13.2 Å². The van der Waals surface area contributed by atoms with Crippen LogP contribution in [-0.4, -0.2) is 29.0 Å². The molecule has 0 aliphatic heterocycles. The molecule has 2 N–H and O–H groups in total. The Morgan fingerprint density at radius 3 is 2.33 bits per heavy atom. The maximum absolute atomic E-state index is 10.9. The first-order valence-corrected chi connectivity index (χ1v) is 5.54. The predicted molar refractivity (Wildman–Crippen MR) is 50.5 cm³/mol. The molecule has 78 valence electrons. The summed E-state index contributed by atoms with van der Waals surface area (Å²) in [6.07, 6.45) is 2.15. The summed E-state index contributed by atoms with van der Waals surface area (Å²) in [5, 5.41) is 18.4. The van der Waals surface area contributed by atoms with E-state index in [0.29, 0.717) is 6.42 Å². The van der Waals surface area contributed by atoms with Crippen LogP contribution in [0.15, 0.2) is 0 Å². The van der Waals surface area contributed by atoms with Gasteiger partial charge in [-0.25, -0.2) is 0 Å². The van der Waals surface area contributed by atoms with E-state index in [4.69, 9.17) is 9.63 Å². The Bertz CT molecular complexity index is 171. The molecule has 15 heavy (non-hydrogen) atoms. The first kappa shape index (κ1) is 22.2. The van der Waals surface area contributed by atoms with Gasteiger partial charge < -0.3 is 10.2 Å². The van der Waals surface area contributed by atoms with Gasteiger partial charge in [0.2, 0.25) is 0 Å². The quantitative estimate of drug-likeness (QED) is 0.273. The molecule has 4 nitrogen and oxygen atoms in total. The molecule has 0 spiro atoms. The SMILES string of the molecule is C[CH-][P+](=O)OCC(O)(CC)CCO.[Na+].[Na+]. The van der Waals surface area contributed by atoms with Crippen molar-refractivity contribution >= 4 is 8.03 Å². The van der Waals surface area contributed by atoms with Crippen molar-refractivity contribution < 1.29 is 78.4 Å². The third-order valence-electron chi connectivity index (χ3n) is 1.91. The van der Waals surface area contributed by atoms with Gasteiger partial charge in [0.15, 0.2) is 0 Å². The molecule has 0 bridgehead atoms. The smallest absolute Gasteiger partial charge is 0.396 e. The fourth-order valence-electron chi connectivity index (χ4n) is 0.817. The van der Waals surface area contributed by atoms with E-state index < -0.39 is 13.6 Å². The van der Waals surface area contributed by atoms with Crippen molar-refractivity contribution in [3.63, 3.8) is 0 Å². The topological polar surface area (TPSA) is 66.8 Å². The number of hydrogen-bond acceptors (Lipinski definition) is 4. The summed E-state index contributed by atoms with van der Waals surface area (Å²) in [5.74, 6) is 0. The normalized spacial score (nSPS) is 14.5. The Kier molecular flexibility index (Phi) is 18.4. The van der Waals surface area contributed by atoms with Crippen molar-refractivity contribution in [3.8, 4) is 0 Å². The maximum atomic E-state index is 10.9. The standard InChI is InChI=1S/C8H17O4P.2Na/c1-3-8(10,5-6-9)7-12-13(11)4-2;;/h4,9-10H,3,5-7H2,1-2H3;;/q;2*+1. The number of aliphatic hydroxyl groups is 2. The summed E-state index contributed by atoms with van der Waals surface area (Å²) < 4.78 is 15.8. The van der Waals surface area contributed by atoms with E-state index in [0.717, 1.165) is 0 Å². The third kappa shape index (κ3) is 10.8. The fourth-order valence-corrected chi connectivity index (χ4v) is 1.33. The molecule has 7 heteroatoms. The largest absolute Gasteiger partial charge is 1.00 e. The summed E-state index contributed by atoms with van der Waals surface area (Å²) in [4.78, 5) is 0. The second-order valence-electron chi connectivity index (χ2n) is 2.87. The molecular weight excluding hydrogens is 237 g/mol. The van der Waals surface area contributed by atoms with E-state index in [1.54, 1.807) is 13.8 Å². The van der Waals surface area contributed by atoms with Crippen LogP contribution in [0.25, 0.3) is 0 Å². The van der Waals surface area contributed by atoms with E-state index >= 15 is 0 Å². The second kappa shape index (κ2) is 12.4. The van der Waals surface area contributed by atoms with E-state index in [1.165, 1.54) is 6.16 Å². The van der Waals surface area contributed by atoms with Gasteiger partial charge in [0, 0.05) is 13.0 Å². The van der Waals surface area contributed by atoms with Gasteiger partial charge in [-0.2, -0.15) is 4.52 Å². The van der Waals surface area contributed by atoms with Crippen LogP contribution in [0.1, 0.15) is 26.7 Å². The molecule has 0 aromatic rings. The minimum absolute atomic E-state index is 0. The molecule has 0 fully saturated rings.